The van der Waals surface area contributed by atoms with Gasteiger partial charge in [0.15, 0.2) is 0 Å². The molecule has 0 aliphatic heterocycles. The van der Waals surface area contributed by atoms with Gasteiger partial charge in [-0.25, -0.2) is 0 Å². The molecule has 0 saturated heterocycles. The van der Waals surface area contributed by atoms with Gasteiger partial charge in [0.1, 0.15) is 11.5 Å². The van der Waals surface area contributed by atoms with Gasteiger partial charge in [0, 0.05) is 16.7 Å². The van der Waals surface area contributed by atoms with Gasteiger partial charge in [0.05, 0.1) is 15.1 Å². The van der Waals surface area contributed by atoms with Crippen molar-refractivity contribution in [1.82, 2.24) is 0 Å². The predicted octanol–water partition coefficient (Wildman–Crippen LogP) is 5.59. The highest BCUT2D eigenvalue weighted by Crippen LogP contribution is 2.38. The van der Waals surface area contributed by atoms with E-state index in [-0.39, 0.29) is 0 Å². The van der Waals surface area contributed by atoms with Gasteiger partial charge in [-0.2, -0.15) is 0 Å². The van der Waals surface area contributed by atoms with Crippen molar-refractivity contribution in [1.29, 1.82) is 0 Å². The molecule has 2 aromatic carbocycles. The normalized spacial score (nSPS) is 10.7. The van der Waals surface area contributed by atoms with Crippen molar-refractivity contribution in [3.63, 3.8) is 0 Å². The lowest BCUT2D eigenvalue weighted by Crippen LogP contribution is -2.04. The van der Waals surface area contributed by atoms with Gasteiger partial charge < -0.3 is 10.5 Å². The number of benzene rings is 2. The van der Waals surface area contributed by atoms with E-state index in [1.807, 2.05) is 0 Å². The summed E-state index contributed by atoms with van der Waals surface area (Å²) in [6.45, 7) is 0.467. The minimum absolute atomic E-state index is 0.369. The molecule has 0 bridgehead atoms. The molecule has 0 radical (unpaired) electrons. The van der Waals surface area contributed by atoms with Crippen LogP contribution in [0.25, 0.3) is 0 Å². The smallest absolute Gasteiger partial charge is 0.147 e. The Morgan fingerprint density at radius 1 is 0.850 bits per heavy atom. The van der Waals surface area contributed by atoms with Crippen molar-refractivity contribution < 1.29 is 4.74 Å². The van der Waals surface area contributed by atoms with Gasteiger partial charge in [0.2, 0.25) is 0 Å². The van der Waals surface area contributed by atoms with E-state index < -0.39 is 0 Å². The molecule has 0 saturated carbocycles. The predicted molar refractivity (Wildman–Crippen MR) is 85.8 cm³/mol. The SMILES string of the molecule is NCCc1c(Cl)cccc1Oc1cc(Cl)c(Cl)cc1Cl. The minimum Gasteiger partial charge on any atom is -0.455 e. The third-order valence-corrected chi connectivity index (χ3v) is 4.04. The van der Waals surface area contributed by atoms with Crippen LogP contribution in [-0.2, 0) is 6.42 Å². The molecule has 0 heterocycles. The minimum atomic E-state index is 0.369. The number of nitrogens with two attached hydrogens (primary N) is 1. The molecule has 0 aromatic heterocycles. The van der Waals surface area contributed by atoms with Crippen molar-refractivity contribution in [2.45, 2.75) is 6.42 Å². The summed E-state index contributed by atoms with van der Waals surface area (Å²) in [7, 11) is 0. The molecular formula is C14H11Cl4NO. The summed E-state index contributed by atoms with van der Waals surface area (Å²) in [5, 5.41) is 1.72. The summed E-state index contributed by atoms with van der Waals surface area (Å²) in [6.07, 6.45) is 0.605. The number of hydrogen-bond donors (Lipinski definition) is 1. The second kappa shape index (κ2) is 6.88. The molecule has 0 fully saturated rings. The molecule has 2 N–H and O–H groups in total. The van der Waals surface area contributed by atoms with E-state index >= 15 is 0 Å². The average Bonchev–Trinajstić information content (AvgIpc) is 2.40. The molecular weight excluding hydrogens is 340 g/mol. The Morgan fingerprint density at radius 2 is 1.55 bits per heavy atom. The first-order valence-electron chi connectivity index (χ1n) is 5.82. The number of rotatable bonds is 4. The Morgan fingerprint density at radius 3 is 2.25 bits per heavy atom. The van der Waals surface area contributed by atoms with E-state index in [9.17, 15) is 0 Å². The molecule has 20 heavy (non-hydrogen) atoms. The van der Waals surface area contributed by atoms with Crippen LogP contribution >= 0.6 is 46.4 Å². The van der Waals surface area contributed by atoms with Crippen molar-refractivity contribution in [3.8, 4) is 11.5 Å². The molecule has 106 valence electrons. The Bertz CT molecular complexity index is 631. The highest BCUT2D eigenvalue weighted by atomic mass is 35.5. The van der Waals surface area contributed by atoms with Crippen LogP contribution in [0.1, 0.15) is 5.56 Å². The molecule has 2 rings (SSSR count). The molecule has 0 amide bonds. The maximum atomic E-state index is 6.15. The van der Waals surface area contributed by atoms with E-state index in [1.165, 1.54) is 6.07 Å². The van der Waals surface area contributed by atoms with Crippen LogP contribution in [0.5, 0.6) is 11.5 Å². The quantitative estimate of drug-likeness (QED) is 0.729. The summed E-state index contributed by atoms with van der Waals surface area (Å²) >= 11 is 24.1. The van der Waals surface area contributed by atoms with Gasteiger partial charge in [-0.1, -0.05) is 52.5 Å². The van der Waals surface area contributed by atoms with Crippen LogP contribution in [0, 0.1) is 0 Å². The van der Waals surface area contributed by atoms with Crippen LogP contribution in [0.4, 0.5) is 0 Å². The lowest BCUT2D eigenvalue weighted by atomic mass is 10.1. The Labute approximate surface area is 137 Å². The van der Waals surface area contributed by atoms with E-state index in [0.29, 0.717) is 44.6 Å². The third kappa shape index (κ3) is 3.51. The Hall–Kier alpha value is -0.640. The molecule has 6 heteroatoms. The first-order valence-corrected chi connectivity index (χ1v) is 7.34. The summed E-state index contributed by atoms with van der Waals surface area (Å²) in [6, 6.07) is 8.49. The first kappa shape index (κ1) is 15.7. The monoisotopic (exact) mass is 349 g/mol. The maximum Gasteiger partial charge on any atom is 0.147 e. The maximum absolute atomic E-state index is 6.15. The average molecular weight is 351 g/mol. The fraction of sp³-hybridized carbons (Fsp3) is 0.143. The number of halogens is 4. The van der Waals surface area contributed by atoms with Crippen LogP contribution in [-0.4, -0.2) is 6.54 Å². The number of ether oxygens (including phenoxy) is 1. The van der Waals surface area contributed by atoms with Crippen molar-refractivity contribution in [2.75, 3.05) is 6.54 Å². The van der Waals surface area contributed by atoms with Crippen molar-refractivity contribution in [3.05, 3.63) is 56.0 Å². The van der Waals surface area contributed by atoms with E-state index in [1.54, 1.807) is 24.3 Å². The van der Waals surface area contributed by atoms with Crippen LogP contribution in [0.2, 0.25) is 20.1 Å². The summed E-state index contributed by atoms with van der Waals surface area (Å²) < 4.78 is 5.79. The Balaban J connectivity index is 2.40. The second-order valence-electron chi connectivity index (χ2n) is 4.05. The fourth-order valence-corrected chi connectivity index (χ4v) is 2.56. The zero-order valence-electron chi connectivity index (χ0n) is 10.3. The standard InChI is InChI=1S/C14H11Cl4NO/c15-9-2-1-3-13(8(9)4-5-19)20-14-7-11(17)10(16)6-12(14)18/h1-3,6-7H,4-5,19H2. The third-order valence-electron chi connectivity index (χ3n) is 2.66. The van der Waals surface area contributed by atoms with Gasteiger partial charge in [-0.3, -0.25) is 0 Å². The molecule has 0 aliphatic carbocycles. The largest absolute Gasteiger partial charge is 0.455 e. The van der Waals surface area contributed by atoms with E-state index in [0.717, 1.165) is 5.56 Å². The van der Waals surface area contributed by atoms with Crippen molar-refractivity contribution in [2.24, 2.45) is 5.73 Å². The molecule has 0 unspecified atom stereocenters. The summed E-state index contributed by atoms with van der Waals surface area (Å²) in [4.78, 5) is 0. The van der Waals surface area contributed by atoms with Gasteiger partial charge >= 0.3 is 0 Å². The summed E-state index contributed by atoms with van der Waals surface area (Å²) in [5.41, 5.74) is 6.42. The van der Waals surface area contributed by atoms with Crippen LogP contribution in [0.3, 0.4) is 0 Å². The lowest BCUT2D eigenvalue weighted by Gasteiger charge is -2.13. The van der Waals surface area contributed by atoms with Crippen molar-refractivity contribution >= 4 is 46.4 Å². The summed E-state index contributed by atoms with van der Waals surface area (Å²) in [5.74, 6) is 1.02. The van der Waals surface area contributed by atoms with Crippen LogP contribution in [0.15, 0.2) is 30.3 Å². The number of hydrogen-bond acceptors (Lipinski definition) is 2. The molecule has 2 aromatic rings. The van der Waals surface area contributed by atoms with E-state index in [2.05, 4.69) is 0 Å². The fourth-order valence-electron chi connectivity index (χ4n) is 1.72. The van der Waals surface area contributed by atoms with Crippen LogP contribution < -0.4 is 10.5 Å². The molecule has 0 atom stereocenters. The van der Waals surface area contributed by atoms with Gasteiger partial charge in [-0.05, 0) is 31.2 Å². The molecule has 0 spiro atoms. The highest BCUT2D eigenvalue weighted by molar-refractivity contribution is 6.43. The lowest BCUT2D eigenvalue weighted by molar-refractivity contribution is 0.476. The Kier molecular flexibility index (Phi) is 5.42. The molecule has 0 aliphatic rings. The second-order valence-corrected chi connectivity index (χ2v) is 5.68. The zero-order valence-corrected chi connectivity index (χ0v) is 13.3. The zero-order chi connectivity index (χ0) is 14.7. The van der Waals surface area contributed by atoms with E-state index in [4.69, 9.17) is 56.9 Å². The molecule has 2 nitrogen and oxygen atoms in total. The van der Waals surface area contributed by atoms with Gasteiger partial charge in [0.25, 0.3) is 0 Å². The topological polar surface area (TPSA) is 35.2 Å². The highest BCUT2D eigenvalue weighted by Gasteiger charge is 2.12. The van der Waals surface area contributed by atoms with Gasteiger partial charge in [-0.15, -0.1) is 0 Å². The first-order chi connectivity index (χ1) is 9.52.